The molecule has 0 aromatic heterocycles. The van der Waals surface area contributed by atoms with E-state index in [0.29, 0.717) is 31.1 Å². The summed E-state index contributed by atoms with van der Waals surface area (Å²) in [6, 6.07) is 6.63. The van der Waals surface area contributed by atoms with Crippen LogP contribution in [0.25, 0.3) is 0 Å². The molecule has 1 fully saturated rings. The maximum Gasteiger partial charge on any atom is 0.362 e. The first-order valence-electron chi connectivity index (χ1n) is 7.89. The van der Waals surface area contributed by atoms with Gasteiger partial charge in [-0.25, -0.2) is 13.2 Å². The standard InChI is InChI=1S/C16H23BrN2O4S/c1-16(2,3)23-15(20)12-18-8-10-19(11-9-18)24(21,22)14-6-4-13(17)5-7-14/h4-7H,8-12H2,1-3H3/p+1. The Morgan fingerprint density at radius 3 is 2.25 bits per heavy atom. The van der Waals surface area contributed by atoms with Crippen LogP contribution in [0.1, 0.15) is 20.8 Å². The molecule has 0 saturated carbocycles. The van der Waals surface area contributed by atoms with Crippen molar-refractivity contribution in [1.82, 2.24) is 4.31 Å². The fraction of sp³-hybridized carbons (Fsp3) is 0.562. The summed E-state index contributed by atoms with van der Waals surface area (Å²) < 4.78 is 32.9. The molecule has 0 unspecified atom stereocenters. The van der Waals surface area contributed by atoms with E-state index >= 15 is 0 Å². The molecule has 6 nitrogen and oxygen atoms in total. The van der Waals surface area contributed by atoms with Crippen molar-refractivity contribution >= 4 is 31.9 Å². The zero-order valence-corrected chi connectivity index (χ0v) is 16.6. The summed E-state index contributed by atoms with van der Waals surface area (Å²) in [5.41, 5.74) is -0.497. The number of esters is 1. The Morgan fingerprint density at radius 2 is 1.75 bits per heavy atom. The monoisotopic (exact) mass is 419 g/mol. The molecule has 0 bridgehead atoms. The highest BCUT2D eigenvalue weighted by Crippen LogP contribution is 2.18. The van der Waals surface area contributed by atoms with E-state index in [9.17, 15) is 13.2 Å². The van der Waals surface area contributed by atoms with E-state index in [1.165, 1.54) is 4.31 Å². The van der Waals surface area contributed by atoms with Crippen LogP contribution < -0.4 is 4.90 Å². The van der Waals surface area contributed by atoms with Gasteiger partial charge in [0.2, 0.25) is 10.0 Å². The van der Waals surface area contributed by atoms with Gasteiger partial charge in [0.25, 0.3) is 0 Å². The summed E-state index contributed by atoms with van der Waals surface area (Å²) in [7, 11) is -3.48. The normalized spacial score (nSPS) is 17.7. The summed E-state index contributed by atoms with van der Waals surface area (Å²) in [5.74, 6) is -0.248. The Balaban J connectivity index is 1.92. The minimum absolute atomic E-state index is 0.248. The number of rotatable bonds is 4. The van der Waals surface area contributed by atoms with E-state index in [4.69, 9.17) is 4.74 Å². The average Bonchev–Trinajstić information content (AvgIpc) is 2.46. The molecule has 0 atom stereocenters. The minimum atomic E-state index is -3.48. The molecule has 134 valence electrons. The number of sulfonamides is 1. The van der Waals surface area contributed by atoms with Gasteiger partial charge in [-0.3, -0.25) is 0 Å². The van der Waals surface area contributed by atoms with Gasteiger partial charge >= 0.3 is 5.97 Å². The Kier molecular flexibility index (Phi) is 6.06. The van der Waals surface area contributed by atoms with E-state index < -0.39 is 15.6 Å². The van der Waals surface area contributed by atoms with Crippen molar-refractivity contribution in [1.29, 1.82) is 0 Å². The third kappa shape index (κ3) is 5.27. The number of carbonyl (C=O) groups is 1. The number of halogens is 1. The van der Waals surface area contributed by atoms with Crippen LogP contribution in [-0.2, 0) is 19.6 Å². The minimum Gasteiger partial charge on any atom is -0.456 e. The predicted molar refractivity (Wildman–Crippen MR) is 94.3 cm³/mol. The highest BCUT2D eigenvalue weighted by atomic mass is 79.9. The lowest BCUT2D eigenvalue weighted by molar-refractivity contribution is -0.896. The fourth-order valence-corrected chi connectivity index (χ4v) is 4.26. The van der Waals surface area contributed by atoms with Crippen LogP contribution in [0.2, 0.25) is 0 Å². The Morgan fingerprint density at radius 1 is 1.21 bits per heavy atom. The maximum absolute atomic E-state index is 12.6. The van der Waals surface area contributed by atoms with Gasteiger partial charge in [-0.05, 0) is 45.0 Å². The Labute approximate surface area is 151 Å². The molecule has 1 N–H and O–H groups in total. The van der Waals surface area contributed by atoms with Gasteiger partial charge in [-0.2, -0.15) is 4.31 Å². The number of benzene rings is 1. The number of nitrogens with one attached hydrogen (secondary N) is 1. The largest absolute Gasteiger partial charge is 0.456 e. The highest BCUT2D eigenvalue weighted by molar-refractivity contribution is 9.10. The SMILES string of the molecule is CC(C)(C)OC(=O)C[NH+]1CCN(S(=O)(=O)c2ccc(Br)cc2)CC1. The number of hydrogen-bond donors (Lipinski definition) is 1. The molecule has 0 spiro atoms. The lowest BCUT2D eigenvalue weighted by atomic mass is 10.2. The maximum atomic E-state index is 12.6. The number of quaternary nitrogens is 1. The van der Waals surface area contributed by atoms with Gasteiger partial charge in [-0.1, -0.05) is 15.9 Å². The van der Waals surface area contributed by atoms with Gasteiger partial charge < -0.3 is 9.64 Å². The van der Waals surface area contributed by atoms with E-state index in [2.05, 4.69) is 15.9 Å². The lowest BCUT2D eigenvalue weighted by Gasteiger charge is -2.31. The van der Waals surface area contributed by atoms with Crippen molar-refractivity contribution in [3.63, 3.8) is 0 Å². The molecule has 1 heterocycles. The topological polar surface area (TPSA) is 68.1 Å². The van der Waals surface area contributed by atoms with Crippen molar-refractivity contribution in [2.24, 2.45) is 0 Å². The van der Waals surface area contributed by atoms with Crippen LogP contribution in [0, 0.1) is 0 Å². The van der Waals surface area contributed by atoms with Gasteiger partial charge in [0.05, 0.1) is 31.1 Å². The third-order valence-corrected chi connectivity index (χ3v) is 6.14. The molecule has 24 heavy (non-hydrogen) atoms. The molecule has 1 aliphatic heterocycles. The van der Waals surface area contributed by atoms with E-state index in [-0.39, 0.29) is 12.5 Å². The summed E-state index contributed by atoms with van der Waals surface area (Å²) in [5, 5.41) is 0. The van der Waals surface area contributed by atoms with Crippen molar-refractivity contribution in [3.8, 4) is 0 Å². The quantitative estimate of drug-likeness (QED) is 0.728. The van der Waals surface area contributed by atoms with Gasteiger partial charge in [0.1, 0.15) is 5.60 Å². The lowest BCUT2D eigenvalue weighted by Crippen LogP contribution is -3.15. The molecule has 1 aliphatic rings. The predicted octanol–water partition coefficient (Wildman–Crippen LogP) is 0.680. The number of ether oxygens (including phenoxy) is 1. The molecule has 0 radical (unpaired) electrons. The molecule has 8 heteroatoms. The van der Waals surface area contributed by atoms with Crippen LogP contribution in [0.15, 0.2) is 33.6 Å². The molecule has 2 rings (SSSR count). The molecular weight excluding hydrogens is 396 g/mol. The Bertz CT molecular complexity index is 675. The summed E-state index contributed by atoms with van der Waals surface area (Å²) in [4.78, 5) is 13.2. The van der Waals surface area contributed by atoms with E-state index in [1.54, 1.807) is 24.3 Å². The first kappa shape index (κ1) is 19.4. The first-order chi connectivity index (χ1) is 11.1. The van der Waals surface area contributed by atoms with Crippen molar-refractivity contribution in [3.05, 3.63) is 28.7 Å². The molecule has 1 saturated heterocycles. The molecule has 1 aromatic rings. The Hall–Kier alpha value is -0.960. The van der Waals surface area contributed by atoms with Gasteiger partial charge in [0, 0.05) is 4.47 Å². The average molecular weight is 420 g/mol. The zero-order chi connectivity index (χ0) is 18.0. The second-order valence-electron chi connectivity index (χ2n) is 6.87. The highest BCUT2D eigenvalue weighted by Gasteiger charge is 2.31. The summed E-state index contributed by atoms with van der Waals surface area (Å²) in [6.45, 7) is 7.76. The fourth-order valence-electron chi connectivity index (χ4n) is 2.56. The van der Waals surface area contributed by atoms with Crippen LogP contribution >= 0.6 is 15.9 Å². The number of piperazine rings is 1. The van der Waals surface area contributed by atoms with Gasteiger partial charge in [-0.15, -0.1) is 0 Å². The van der Waals surface area contributed by atoms with Crippen LogP contribution in [0.3, 0.4) is 0 Å². The molecular formula is C16H24BrN2O4S+. The summed E-state index contributed by atoms with van der Waals surface area (Å²) in [6.07, 6.45) is 0. The van der Waals surface area contributed by atoms with E-state index in [1.807, 2.05) is 20.8 Å². The number of nitrogens with zero attached hydrogens (tertiary/aromatic N) is 1. The van der Waals surface area contributed by atoms with Crippen LogP contribution in [0.4, 0.5) is 0 Å². The smallest absolute Gasteiger partial charge is 0.362 e. The van der Waals surface area contributed by atoms with Crippen molar-refractivity contribution in [2.75, 3.05) is 32.7 Å². The van der Waals surface area contributed by atoms with Crippen LogP contribution in [0.5, 0.6) is 0 Å². The third-order valence-electron chi connectivity index (χ3n) is 3.70. The molecule has 1 aromatic carbocycles. The molecule has 0 aliphatic carbocycles. The second kappa shape index (κ2) is 7.51. The first-order valence-corrected chi connectivity index (χ1v) is 10.1. The van der Waals surface area contributed by atoms with E-state index in [0.717, 1.165) is 9.37 Å². The molecule has 0 amide bonds. The van der Waals surface area contributed by atoms with Crippen LogP contribution in [-0.4, -0.2) is 57.0 Å². The summed E-state index contributed by atoms with van der Waals surface area (Å²) >= 11 is 3.30. The number of hydrogen-bond acceptors (Lipinski definition) is 4. The van der Waals surface area contributed by atoms with Crippen molar-refractivity contribution < 1.29 is 22.8 Å². The van der Waals surface area contributed by atoms with Gasteiger partial charge in [0.15, 0.2) is 6.54 Å². The van der Waals surface area contributed by atoms with Crippen molar-refractivity contribution in [2.45, 2.75) is 31.3 Å². The zero-order valence-electron chi connectivity index (χ0n) is 14.2. The number of carbonyl (C=O) groups excluding carboxylic acids is 1. The second-order valence-corrected chi connectivity index (χ2v) is 9.72.